The van der Waals surface area contributed by atoms with Crippen LogP contribution in [0.1, 0.15) is 11.1 Å². The molecule has 2 nitrogen and oxygen atoms in total. The van der Waals surface area contributed by atoms with E-state index in [9.17, 15) is 4.39 Å². The Balaban J connectivity index is 1.71. The third kappa shape index (κ3) is 6.20. The minimum absolute atomic E-state index is 0.159. The van der Waals surface area contributed by atoms with Crippen LogP contribution in [0.5, 0.6) is 5.75 Å². The van der Waals surface area contributed by atoms with Crippen molar-refractivity contribution in [3.05, 3.63) is 95.8 Å². The molecule has 0 spiro atoms. The summed E-state index contributed by atoms with van der Waals surface area (Å²) in [6, 6.07) is 26.2. The first-order valence-electron chi connectivity index (χ1n) is 10.2. The molecule has 0 heterocycles. The third-order valence-corrected chi connectivity index (χ3v) is 5.25. The van der Waals surface area contributed by atoms with Gasteiger partial charge in [0, 0.05) is 18.7 Å². The average Bonchev–Trinajstić information content (AvgIpc) is 2.72. The van der Waals surface area contributed by atoms with Gasteiger partial charge < -0.3 is 4.74 Å². The van der Waals surface area contributed by atoms with E-state index in [0.29, 0.717) is 12.4 Å². The monoisotopic (exact) mass is 389 g/mol. The van der Waals surface area contributed by atoms with Crippen molar-refractivity contribution in [3.8, 4) is 5.75 Å². The van der Waals surface area contributed by atoms with Crippen LogP contribution in [0.3, 0.4) is 0 Å². The first-order valence-corrected chi connectivity index (χ1v) is 10.2. The van der Waals surface area contributed by atoms with E-state index in [2.05, 4.69) is 60.5 Å². The molecule has 0 fully saturated rings. The number of benzene rings is 3. The Morgan fingerprint density at radius 1 is 0.897 bits per heavy atom. The lowest BCUT2D eigenvalue weighted by Crippen LogP contribution is -2.38. The number of ether oxygens (including phenoxy) is 1. The molecule has 29 heavy (non-hydrogen) atoms. The van der Waals surface area contributed by atoms with Gasteiger partial charge in [-0.15, -0.1) is 0 Å². The van der Waals surface area contributed by atoms with Gasteiger partial charge in [0.1, 0.15) is 18.2 Å². The fourth-order valence-electron chi connectivity index (χ4n) is 3.49. The maximum Gasteiger partial charge on any atom is 0.173 e. The van der Waals surface area contributed by atoms with Gasteiger partial charge in [0.25, 0.3) is 0 Å². The SMILES string of the molecule is CB(C)c1ccc(OC[C@@H](Cc2ccccc2)N(C)Cc2ccccc2)cc1F. The normalized spacial score (nSPS) is 12.0. The second-order valence-corrected chi connectivity index (χ2v) is 7.89. The minimum Gasteiger partial charge on any atom is -0.492 e. The first kappa shape index (κ1) is 21.1. The lowest BCUT2D eigenvalue weighted by atomic mass is 9.49. The van der Waals surface area contributed by atoms with Crippen molar-refractivity contribution in [2.24, 2.45) is 0 Å². The summed E-state index contributed by atoms with van der Waals surface area (Å²) in [4.78, 5) is 2.31. The van der Waals surface area contributed by atoms with E-state index in [4.69, 9.17) is 4.74 Å². The number of halogens is 1. The van der Waals surface area contributed by atoms with Crippen LogP contribution in [0.15, 0.2) is 78.9 Å². The van der Waals surface area contributed by atoms with E-state index in [1.165, 1.54) is 17.2 Å². The molecule has 0 aliphatic carbocycles. The standard InChI is InChI=1S/C25H29BFNO/c1-26(2)24-15-14-23(17-25(24)27)29-19-22(16-20-10-6-4-7-11-20)28(3)18-21-12-8-5-9-13-21/h4-15,17,22H,16,18-19H2,1-3H3/t22-/m1/s1. The van der Waals surface area contributed by atoms with Gasteiger partial charge in [-0.1, -0.05) is 80.4 Å². The quantitative estimate of drug-likeness (QED) is 0.482. The van der Waals surface area contributed by atoms with Gasteiger partial charge in [-0.25, -0.2) is 4.39 Å². The Morgan fingerprint density at radius 3 is 2.10 bits per heavy atom. The summed E-state index contributed by atoms with van der Waals surface area (Å²) in [6.07, 6.45) is 0.872. The molecule has 0 amide bonds. The van der Waals surface area contributed by atoms with Crippen molar-refractivity contribution in [1.29, 1.82) is 0 Å². The number of likely N-dealkylation sites (N-methyl/N-ethyl adjacent to an activating group) is 1. The Kier molecular flexibility index (Phi) is 7.48. The van der Waals surface area contributed by atoms with Crippen molar-refractivity contribution < 1.29 is 9.13 Å². The van der Waals surface area contributed by atoms with Crippen LogP contribution in [-0.2, 0) is 13.0 Å². The molecule has 0 aromatic heterocycles. The zero-order valence-corrected chi connectivity index (χ0v) is 17.5. The summed E-state index contributed by atoms with van der Waals surface area (Å²) in [7, 11) is 2.12. The number of hydrogen-bond donors (Lipinski definition) is 0. The highest BCUT2D eigenvalue weighted by molar-refractivity contribution is 6.70. The Morgan fingerprint density at radius 2 is 1.52 bits per heavy atom. The molecule has 0 saturated heterocycles. The van der Waals surface area contributed by atoms with Crippen molar-refractivity contribution in [2.45, 2.75) is 32.7 Å². The Labute approximate surface area is 174 Å². The molecular formula is C25H29BFNO. The van der Waals surface area contributed by atoms with Gasteiger partial charge in [0.2, 0.25) is 0 Å². The van der Waals surface area contributed by atoms with E-state index < -0.39 is 0 Å². The molecule has 3 rings (SSSR count). The summed E-state index contributed by atoms with van der Waals surface area (Å²) in [5.74, 6) is 0.382. The van der Waals surface area contributed by atoms with E-state index in [1.807, 2.05) is 37.9 Å². The van der Waals surface area contributed by atoms with Gasteiger partial charge in [-0.2, -0.15) is 0 Å². The fraction of sp³-hybridized carbons (Fsp3) is 0.280. The molecule has 1 atom stereocenters. The summed E-state index contributed by atoms with van der Waals surface area (Å²) in [5, 5.41) is 0. The van der Waals surface area contributed by atoms with Crippen molar-refractivity contribution in [3.63, 3.8) is 0 Å². The van der Waals surface area contributed by atoms with Gasteiger partial charge in [0.15, 0.2) is 6.71 Å². The number of hydrogen-bond acceptors (Lipinski definition) is 2. The van der Waals surface area contributed by atoms with E-state index >= 15 is 0 Å². The maximum absolute atomic E-state index is 14.3. The minimum atomic E-state index is -0.199. The van der Waals surface area contributed by atoms with Crippen molar-refractivity contribution >= 4 is 12.2 Å². The Bertz CT molecular complexity index is 886. The average molecular weight is 389 g/mol. The van der Waals surface area contributed by atoms with Crippen LogP contribution in [-0.4, -0.2) is 31.3 Å². The van der Waals surface area contributed by atoms with Gasteiger partial charge in [-0.05, 0) is 36.1 Å². The number of nitrogens with zero attached hydrogens (tertiary/aromatic N) is 1. The van der Waals surface area contributed by atoms with E-state index in [1.54, 1.807) is 0 Å². The lowest BCUT2D eigenvalue weighted by Gasteiger charge is -2.28. The highest BCUT2D eigenvalue weighted by Crippen LogP contribution is 2.16. The zero-order valence-electron chi connectivity index (χ0n) is 17.5. The summed E-state index contributed by atoms with van der Waals surface area (Å²) < 4.78 is 20.4. The highest BCUT2D eigenvalue weighted by atomic mass is 19.1. The summed E-state index contributed by atoms with van der Waals surface area (Å²) >= 11 is 0. The van der Waals surface area contributed by atoms with E-state index in [0.717, 1.165) is 18.4 Å². The molecule has 0 saturated carbocycles. The van der Waals surface area contributed by atoms with Crippen molar-refractivity contribution in [2.75, 3.05) is 13.7 Å². The second kappa shape index (κ2) is 10.3. The van der Waals surface area contributed by atoms with Crippen LogP contribution in [0.25, 0.3) is 0 Å². The topological polar surface area (TPSA) is 12.5 Å². The third-order valence-electron chi connectivity index (χ3n) is 5.25. The highest BCUT2D eigenvalue weighted by Gasteiger charge is 2.18. The van der Waals surface area contributed by atoms with Crippen LogP contribution in [0.2, 0.25) is 13.6 Å². The molecule has 3 aromatic rings. The lowest BCUT2D eigenvalue weighted by molar-refractivity contribution is 0.154. The second-order valence-electron chi connectivity index (χ2n) is 7.89. The van der Waals surface area contributed by atoms with Crippen LogP contribution < -0.4 is 10.2 Å². The number of rotatable bonds is 9. The molecule has 0 unspecified atom stereocenters. The van der Waals surface area contributed by atoms with Crippen molar-refractivity contribution in [1.82, 2.24) is 4.90 Å². The van der Waals surface area contributed by atoms with Crippen LogP contribution in [0, 0.1) is 5.82 Å². The molecule has 0 N–H and O–H groups in total. The first-order chi connectivity index (χ1) is 14.0. The molecule has 0 radical (unpaired) electrons. The van der Waals surface area contributed by atoms with Gasteiger partial charge in [-0.3, -0.25) is 4.90 Å². The maximum atomic E-state index is 14.3. The molecular weight excluding hydrogens is 360 g/mol. The smallest absolute Gasteiger partial charge is 0.173 e. The molecule has 0 aliphatic rings. The van der Waals surface area contributed by atoms with Gasteiger partial charge >= 0.3 is 0 Å². The molecule has 150 valence electrons. The molecule has 4 heteroatoms. The van der Waals surface area contributed by atoms with Crippen LogP contribution in [0.4, 0.5) is 4.39 Å². The Hall–Kier alpha value is -2.59. The molecule has 3 aromatic carbocycles. The predicted molar refractivity (Wildman–Crippen MR) is 121 cm³/mol. The van der Waals surface area contributed by atoms with Crippen LogP contribution >= 0.6 is 0 Å². The molecule has 0 aliphatic heterocycles. The zero-order chi connectivity index (χ0) is 20.6. The largest absolute Gasteiger partial charge is 0.492 e. The molecule has 0 bridgehead atoms. The van der Waals surface area contributed by atoms with Gasteiger partial charge in [0.05, 0.1) is 0 Å². The summed E-state index contributed by atoms with van der Waals surface area (Å²) in [5.41, 5.74) is 3.25. The predicted octanol–water partition coefficient (Wildman–Crippen LogP) is 4.91. The van der Waals surface area contributed by atoms with E-state index in [-0.39, 0.29) is 18.6 Å². The summed E-state index contributed by atoms with van der Waals surface area (Å²) in [6.45, 7) is 5.48. The fourth-order valence-corrected chi connectivity index (χ4v) is 3.49.